The molecule has 0 saturated carbocycles. The third-order valence-electron chi connectivity index (χ3n) is 3.72. The molecule has 1 atom stereocenters. The molecule has 3 N–H and O–H groups in total. The van der Waals surface area contributed by atoms with Gasteiger partial charge in [0.05, 0.1) is 17.6 Å². The lowest BCUT2D eigenvalue weighted by Crippen LogP contribution is -2.22. The molecular weight excluding hydrogens is 295 g/mol. The fourth-order valence-electron chi connectivity index (χ4n) is 2.52. The van der Waals surface area contributed by atoms with Crippen LogP contribution < -0.4 is 11.1 Å². The summed E-state index contributed by atoms with van der Waals surface area (Å²) in [4.78, 5) is 4.57. The second kappa shape index (κ2) is 5.13. The maximum absolute atomic E-state index is 13.2. The number of nitriles is 1. The number of allylic oxidation sites excluding steroid dienone is 1. The van der Waals surface area contributed by atoms with Crippen LogP contribution in [0.2, 0.25) is 0 Å². The van der Waals surface area contributed by atoms with Crippen LogP contribution in [0.3, 0.4) is 0 Å². The van der Waals surface area contributed by atoms with E-state index in [2.05, 4.69) is 16.4 Å². The predicted molar refractivity (Wildman–Crippen MR) is 83.9 cm³/mol. The smallest absolute Gasteiger partial charge is 0.223 e. The van der Waals surface area contributed by atoms with Crippen LogP contribution in [0.4, 0.5) is 10.3 Å². The van der Waals surface area contributed by atoms with E-state index >= 15 is 0 Å². The van der Waals surface area contributed by atoms with Gasteiger partial charge in [-0.25, -0.2) is 9.37 Å². The normalized spacial score (nSPS) is 17.4. The van der Waals surface area contributed by atoms with Crippen LogP contribution in [0.5, 0.6) is 0 Å². The van der Waals surface area contributed by atoms with Gasteiger partial charge < -0.3 is 15.5 Å². The van der Waals surface area contributed by atoms with E-state index in [0.717, 1.165) is 5.56 Å². The molecule has 0 bridgehead atoms. The fraction of sp³-hybridized carbons (Fsp3) is 0.294. The first-order valence-corrected chi connectivity index (χ1v) is 7.24. The molecule has 0 spiro atoms. The highest BCUT2D eigenvalue weighted by molar-refractivity contribution is 5.61. The van der Waals surface area contributed by atoms with Crippen LogP contribution in [-0.2, 0) is 5.41 Å². The number of nitrogens with two attached hydrogens (primary N) is 1. The van der Waals surface area contributed by atoms with Crippen LogP contribution in [-0.4, -0.2) is 4.98 Å². The zero-order valence-corrected chi connectivity index (χ0v) is 13.1. The monoisotopic (exact) mass is 312 g/mol. The Kier molecular flexibility index (Phi) is 3.37. The first-order valence-electron chi connectivity index (χ1n) is 7.24. The Bertz CT molecular complexity index is 822. The second-order valence-corrected chi connectivity index (χ2v) is 6.53. The number of rotatable bonds is 1. The molecule has 3 rings (SSSR count). The second-order valence-electron chi connectivity index (χ2n) is 6.53. The Labute approximate surface area is 133 Å². The highest BCUT2D eigenvalue weighted by atomic mass is 19.1. The Balaban J connectivity index is 2.18. The first kappa shape index (κ1) is 15.1. The molecule has 118 valence electrons. The number of aromatic nitrogens is 1. The van der Waals surface area contributed by atoms with Gasteiger partial charge in [0.25, 0.3) is 0 Å². The summed E-state index contributed by atoms with van der Waals surface area (Å²) in [6.07, 6.45) is 0. The van der Waals surface area contributed by atoms with Crippen molar-refractivity contribution >= 4 is 5.88 Å². The Hall–Kier alpha value is -2.81. The predicted octanol–water partition coefficient (Wildman–Crippen LogP) is 3.36. The summed E-state index contributed by atoms with van der Waals surface area (Å²) >= 11 is 0. The summed E-state index contributed by atoms with van der Waals surface area (Å²) < 4.78 is 19.0. The van der Waals surface area contributed by atoms with Crippen LogP contribution in [0, 0.1) is 17.1 Å². The summed E-state index contributed by atoms with van der Waals surface area (Å²) in [5.74, 6) is 0.395. The van der Waals surface area contributed by atoms with Gasteiger partial charge in [0.2, 0.25) is 11.8 Å². The minimum Gasteiger partial charge on any atom is -0.424 e. The number of anilines is 1. The van der Waals surface area contributed by atoms with Crippen LogP contribution in [0.25, 0.3) is 0 Å². The van der Waals surface area contributed by atoms with Crippen molar-refractivity contribution in [2.75, 3.05) is 5.32 Å². The van der Waals surface area contributed by atoms with Gasteiger partial charge in [-0.05, 0) is 17.7 Å². The number of oxazole rings is 1. The molecule has 6 heteroatoms. The topological polar surface area (TPSA) is 87.9 Å². The molecule has 0 amide bonds. The van der Waals surface area contributed by atoms with Gasteiger partial charge in [-0.1, -0.05) is 32.9 Å². The largest absolute Gasteiger partial charge is 0.424 e. The molecule has 1 aromatic heterocycles. The van der Waals surface area contributed by atoms with E-state index in [1.807, 2.05) is 20.8 Å². The van der Waals surface area contributed by atoms with E-state index in [1.54, 1.807) is 12.1 Å². The van der Waals surface area contributed by atoms with Gasteiger partial charge in [-0.2, -0.15) is 5.26 Å². The van der Waals surface area contributed by atoms with Crippen molar-refractivity contribution in [3.8, 4) is 6.07 Å². The molecule has 1 unspecified atom stereocenters. The summed E-state index contributed by atoms with van der Waals surface area (Å²) in [7, 11) is 0. The van der Waals surface area contributed by atoms with Crippen molar-refractivity contribution in [3.63, 3.8) is 0 Å². The van der Waals surface area contributed by atoms with Gasteiger partial charge >= 0.3 is 0 Å². The summed E-state index contributed by atoms with van der Waals surface area (Å²) in [5, 5.41) is 12.4. The fourth-order valence-corrected chi connectivity index (χ4v) is 2.52. The Morgan fingerprint density at radius 1 is 1.30 bits per heavy atom. The highest BCUT2D eigenvalue weighted by Crippen LogP contribution is 2.42. The van der Waals surface area contributed by atoms with Crippen LogP contribution in [0.15, 0.2) is 40.1 Å². The highest BCUT2D eigenvalue weighted by Gasteiger charge is 2.35. The first-order chi connectivity index (χ1) is 10.8. The van der Waals surface area contributed by atoms with Gasteiger partial charge in [0, 0.05) is 5.41 Å². The summed E-state index contributed by atoms with van der Waals surface area (Å²) in [6, 6.07) is 8.09. The minimum atomic E-state index is -0.475. The number of nitrogens with one attached hydrogen (secondary N) is 1. The summed E-state index contributed by atoms with van der Waals surface area (Å²) in [5.41, 5.74) is 7.35. The number of nitrogens with zero attached hydrogens (tertiary/aromatic N) is 2. The van der Waals surface area contributed by atoms with Crippen molar-refractivity contribution in [2.45, 2.75) is 32.1 Å². The van der Waals surface area contributed by atoms with E-state index in [-0.39, 0.29) is 17.1 Å². The number of hydrogen-bond acceptors (Lipinski definition) is 5. The lowest BCUT2D eigenvalue weighted by Gasteiger charge is -2.22. The quantitative estimate of drug-likeness (QED) is 0.843. The molecule has 5 nitrogen and oxygen atoms in total. The number of fused-ring (bicyclic) bond motifs is 1. The third-order valence-corrected chi connectivity index (χ3v) is 3.72. The van der Waals surface area contributed by atoms with Crippen molar-refractivity contribution < 1.29 is 8.81 Å². The van der Waals surface area contributed by atoms with E-state index in [4.69, 9.17) is 10.2 Å². The molecule has 2 heterocycles. The van der Waals surface area contributed by atoms with Crippen molar-refractivity contribution in [3.05, 3.63) is 58.6 Å². The standard InChI is InChI=1S/C17H17FN4O/c1-17(2,3)16-21-13-12(9-4-6-10(18)7-5-9)11(8-19)14(20)22-15(13)23-16/h4-7,12,22H,20H2,1-3H3. The Morgan fingerprint density at radius 3 is 2.52 bits per heavy atom. The van der Waals surface area contributed by atoms with Gasteiger partial charge in [0.1, 0.15) is 17.3 Å². The number of halogens is 1. The van der Waals surface area contributed by atoms with Gasteiger partial charge in [0.15, 0.2) is 0 Å². The molecule has 1 aromatic carbocycles. The third kappa shape index (κ3) is 2.55. The van der Waals surface area contributed by atoms with Gasteiger partial charge in [-0.15, -0.1) is 0 Å². The van der Waals surface area contributed by atoms with E-state index in [9.17, 15) is 9.65 Å². The molecule has 0 saturated heterocycles. The van der Waals surface area contributed by atoms with Crippen molar-refractivity contribution in [2.24, 2.45) is 5.73 Å². The van der Waals surface area contributed by atoms with Crippen LogP contribution >= 0.6 is 0 Å². The average Bonchev–Trinajstić information content (AvgIpc) is 2.90. The maximum atomic E-state index is 13.2. The van der Waals surface area contributed by atoms with E-state index in [0.29, 0.717) is 23.0 Å². The number of benzene rings is 1. The maximum Gasteiger partial charge on any atom is 0.223 e. The average molecular weight is 312 g/mol. The number of hydrogen-bond donors (Lipinski definition) is 2. The zero-order valence-electron chi connectivity index (χ0n) is 13.1. The molecule has 2 aromatic rings. The molecule has 0 fully saturated rings. The van der Waals surface area contributed by atoms with Crippen molar-refractivity contribution in [1.29, 1.82) is 5.26 Å². The van der Waals surface area contributed by atoms with Crippen molar-refractivity contribution in [1.82, 2.24) is 4.98 Å². The summed E-state index contributed by atoms with van der Waals surface area (Å²) in [6.45, 7) is 5.96. The molecular formula is C17H17FN4O. The van der Waals surface area contributed by atoms with Crippen LogP contribution in [0.1, 0.15) is 43.8 Å². The van der Waals surface area contributed by atoms with E-state index in [1.165, 1.54) is 12.1 Å². The lowest BCUT2D eigenvalue weighted by molar-refractivity contribution is 0.400. The lowest BCUT2D eigenvalue weighted by atomic mass is 9.87. The minimum absolute atomic E-state index is 0.228. The molecule has 1 aliphatic heterocycles. The molecule has 0 aliphatic carbocycles. The molecule has 0 radical (unpaired) electrons. The SMILES string of the molecule is CC(C)(C)c1nc2c(o1)NC(N)=C(C#N)C2c1ccc(F)cc1. The van der Waals surface area contributed by atoms with E-state index < -0.39 is 5.92 Å². The molecule has 23 heavy (non-hydrogen) atoms. The Morgan fingerprint density at radius 2 is 1.96 bits per heavy atom. The van der Waals surface area contributed by atoms with Gasteiger partial charge in [-0.3, -0.25) is 0 Å². The zero-order chi connectivity index (χ0) is 16.8. The molecule has 1 aliphatic rings.